The Morgan fingerprint density at radius 1 is 1.19 bits per heavy atom. The van der Waals surface area contributed by atoms with Crippen LogP contribution in [0.3, 0.4) is 0 Å². The average molecular weight is 326 g/mol. The van der Waals surface area contributed by atoms with E-state index < -0.39 is 0 Å². The molecule has 0 unspecified atom stereocenters. The third kappa shape index (κ3) is 3.93. The van der Waals surface area contributed by atoms with Crippen molar-refractivity contribution in [2.24, 2.45) is 0 Å². The van der Waals surface area contributed by atoms with E-state index in [0.717, 1.165) is 5.56 Å². The lowest BCUT2D eigenvalue weighted by Gasteiger charge is -2.14. The van der Waals surface area contributed by atoms with Crippen molar-refractivity contribution < 1.29 is 4.74 Å². The number of hydrogen-bond acceptors (Lipinski definition) is 4. The van der Waals surface area contributed by atoms with Gasteiger partial charge in [0.25, 0.3) is 0 Å². The molecule has 112 valence electrons. The van der Waals surface area contributed by atoms with Gasteiger partial charge in [-0.2, -0.15) is 4.98 Å². The number of nitrogen functional groups attached to an aromatic ring is 1. The molecule has 0 amide bonds. The van der Waals surface area contributed by atoms with Crippen LogP contribution >= 0.6 is 23.2 Å². The fourth-order valence-corrected chi connectivity index (χ4v) is 2.15. The Kier molecular flexibility index (Phi) is 4.80. The first-order valence-electron chi connectivity index (χ1n) is 6.52. The monoisotopic (exact) mass is 325 g/mol. The molecule has 6 heteroatoms. The fourth-order valence-electron chi connectivity index (χ4n) is 1.72. The van der Waals surface area contributed by atoms with Gasteiger partial charge < -0.3 is 15.8 Å². The summed E-state index contributed by atoms with van der Waals surface area (Å²) in [6, 6.07) is 7.05. The van der Waals surface area contributed by atoms with Gasteiger partial charge in [0.15, 0.2) is 0 Å². The Morgan fingerprint density at radius 3 is 2.57 bits per heavy atom. The summed E-state index contributed by atoms with van der Waals surface area (Å²) in [5, 5.41) is 4.32. The van der Waals surface area contributed by atoms with Crippen molar-refractivity contribution in [3.05, 3.63) is 39.9 Å². The Bertz CT molecular complexity index is 660. The molecule has 0 aliphatic carbocycles. The molecule has 0 fully saturated rings. The molecule has 2 rings (SSSR count). The van der Waals surface area contributed by atoms with Crippen molar-refractivity contribution in [2.75, 3.05) is 11.1 Å². The maximum atomic E-state index is 6.20. The van der Waals surface area contributed by atoms with Gasteiger partial charge in [0, 0.05) is 5.02 Å². The average Bonchev–Trinajstić information content (AvgIpc) is 2.39. The van der Waals surface area contributed by atoms with Crippen LogP contribution in [0, 0.1) is 6.92 Å². The predicted molar refractivity (Wildman–Crippen MR) is 88.9 cm³/mol. The minimum atomic E-state index is -0.00698. The van der Waals surface area contributed by atoms with Crippen LogP contribution in [0.25, 0.3) is 0 Å². The molecule has 0 radical (unpaired) electrons. The number of rotatable bonds is 4. The third-order valence-corrected chi connectivity index (χ3v) is 3.47. The number of nitrogens with zero attached hydrogens (tertiary/aromatic N) is 1. The molecule has 3 N–H and O–H groups in total. The minimum absolute atomic E-state index is 0.00698. The molecule has 0 atom stereocenters. The van der Waals surface area contributed by atoms with E-state index in [1.807, 2.05) is 20.8 Å². The van der Waals surface area contributed by atoms with Gasteiger partial charge in [0.1, 0.15) is 5.82 Å². The largest absolute Gasteiger partial charge is 0.473 e. The van der Waals surface area contributed by atoms with Crippen molar-refractivity contribution >= 4 is 40.4 Å². The van der Waals surface area contributed by atoms with E-state index in [-0.39, 0.29) is 6.10 Å². The summed E-state index contributed by atoms with van der Waals surface area (Å²) < 4.78 is 5.56. The summed E-state index contributed by atoms with van der Waals surface area (Å²) in [6.07, 6.45) is -0.00698. The van der Waals surface area contributed by atoms with Crippen molar-refractivity contribution in [1.82, 2.24) is 4.98 Å². The standard InChI is InChI=1S/C15H17Cl2N3O/c1-8(2)21-15-12(18)4-5-14(20-15)19-13-7-10(16)9(3)6-11(13)17/h4-8H,18H2,1-3H3,(H,19,20). The summed E-state index contributed by atoms with van der Waals surface area (Å²) >= 11 is 12.3. The fraction of sp³-hybridized carbons (Fsp3) is 0.267. The minimum Gasteiger partial charge on any atom is -0.473 e. The molecule has 2 aromatic rings. The van der Waals surface area contributed by atoms with Gasteiger partial charge in [-0.15, -0.1) is 0 Å². The summed E-state index contributed by atoms with van der Waals surface area (Å²) in [5.41, 5.74) is 7.93. The molecule has 1 aromatic carbocycles. The molecular weight excluding hydrogens is 309 g/mol. The summed E-state index contributed by atoms with van der Waals surface area (Å²) in [5.74, 6) is 0.978. The predicted octanol–water partition coefficient (Wildman–Crippen LogP) is 4.81. The highest BCUT2D eigenvalue weighted by Crippen LogP contribution is 2.31. The van der Waals surface area contributed by atoms with Crippen molar-refractivity contribution in [3.63, 3.8) is 0 Å². The van der Waals surface area contributed by atoms with Crippen LogP contribution in [0.2, 0.25) is 10.0 Å². The van der Waals surface area contributed by atoms with Crippen LogP contribution in [-0.2, 0) is 0 Å². The van der Waals surface area contributed by atoms with Crippen LogP contribution < -0.4 is 15.8 Å². The first-order valence-corrected chi connectivity index (χ1v) is 7.28. The second-order valence-electron chi connectivity index (χ2n) is 4.96. The van der Waals surface area contributed by atoms with Crippen molar-refractivity contribution in [3.8, 4) is 5.88 Å². The van der Waals surface area contributed by atoms with Crippen molar-refractivity contribution in [2.45, 2.75) is 26.9 Å². The Morgan fingerprint density at radius 2 is 1.90 bits per heavy atom. The smallest absolute Gasteiger partial charge is 0.239 e. The summed E-state index contributed by atoms with van der Waals surface area (Å²) in [7, 11) is 0. The number of halogens is 2. The number of aromatic nitrogens is 1. The molecule has 1 heterocycles. The number of anilines is 3. The number of nitrogens with one attached hydrogen (secondary N) is 1. The number of nitrogens with two attached hydrogens (primary N) is 1. The Hall–Kier alpha value is -1.65. The van der Waals surface area contributed by atoms with Crippen molar-refractivity contribution in [1.29, 1.82) is 0 Å². The zero-order valence-corrected chi connectivity index (χ0v) is 13.6. The SMILES string of the molecule is Cc1cc(Cl)c(Nc2ccc(N)c(OC(C)C)n2)cc1Cl. The topological polar surface area (TPSA) is 60.2 Å². The zero-order chi connectivity index (χ0) is 15.6. The lowest BCUT2D eigenvalue weighted by molar-refractivity contribution is 0.234. The number of hydrogen-bond donors (Lipinski definition) is 2. The Labute approximate surface area is 134 Å². The zero-order valence-electron chi connectivity index (χ0n) is 12.1. The van der Waals surface area contributed by atoms with Gasteiger partial charge in [0.2, 0.25) is 5.88 Å². The van der Waals surface area contributed by atoms with Gasteiger partial charge in [-0.25, -0.2) is 0 Å². The Balaban J connectivity index is 2.30. The summed E-state index contributed by atoms with van der Waals surface area (Å²) in [4.78, 5) is 4.34. The number of pyridine rings is 1. The lowest BCUT2D eigenvalue weighted by Crippen LogP contribution is -2.09. The van der Waals surface area contributed by atoms with E-state index in [1.54, 1.807) is 24.3 Å². The quantitative estimate of drug-likeness (QED) is 0.846. The van der Waals surface area contributed by atoms with E-state index in [1.165, 1.54) is 0 Å². The lowest BCUT2D eigenvalue weighted by atomic mass is 10.2. The molecule has 4 nitrogen and oxygen atoms in total. The molecule has 21 heavy (non-hydrogen) atoms. The van der Waals surface area contributed by atoms with Crippen LogP contribution in [0.1, 0.15) is 19.4 Å². The second-order valence-corrected chi connectivity index (χ2v) is 5.78. The first kappa shape index (κ1) is 15.7. The highest BCUT2D eigenvalue weighted by Gasteiger charge is 2.09. The van der Waals surface area contributed by atoms with Crippen LogP contribution in [-0.4, -0.2) is 11.1 Å². The van der Waals surface area contributed by atoms with Gasteiger partial charge in [-0.3, -0.25) is 0 Å². The molecule has 1 aromatic heterocycles. The molecule has 0 bridgehead atoms. The third-order valence-electron chi connectivity index (χ3n) is 2.75. The van der Waals surface area contributed by atoms with E-state index in [4.69, 9.17) is 33.7 Å². The van der Waals surface area contributed by atoms with E-state index in [0.29, 0.717) is 33.1 Å². The maximum Gasteiger partial charge on any atom is 0.239 e. The van der Waals surface area contributed by atoms with Crippen LogP contribution in [0.15, 0.2) is 24.3 Å². The normalized spacial score (nSPS) is 10.8. The first-order chi connectivity index (χ1) is 9.86. The molecule has 0 saturated heterocycles. The van der Waals surface area contributed by atoms with Gasteiger partial charge in [-0.05, 0) is 50.6 Å². The van der Waals surface area contributed by atoms with Crippen LogP contribution in [0.5, 0.6) is 5.88 Å². The highest BCUT2D eigenvalue weighted by atomic mass is 35.5. The van der Waals surface area contributed by atoms with E-state index in [2.05, 4.69) is 10.3 Å². The van der Waals surface area contributed by atoms with E-state index in [9.17, 15) is 0 Å². The van der Waals surface area contributed by atoms with Crippen LogP contribution in [0.4, 0.5) is 17.2 Å². The molecule has 0 spiro atoms. The number of aryl methyl sites for hydroxylation is 1. The number of ether oxygens (including phenoxy) is 1. The molecule has 0 aliphatic heterocycles. The molecule has 0 aliphatic rings. The van der Waals surface area contributed by atoms with Gasteiger partial charge in [-0.1, -0.05) is 23.2 Å². The van der Waals surface area contributed by atoms with Gasteiger partial charge in [0.05, 0.1) is 22.5 Å². The maximum absolute atomic E-state index is 6.20. The second kappa shape index (κ2) is 6.41. The number of benzene rings is 1. The van der Waals surface area contributed by atoms with Gasteiger partial charge >= 0.3 is 0 Å². The highest BCUT2D eigenvalue weighted by molar-refractivity contribution is 6.35. The molecular formula is C15H17Cl2N3O. The van der Waals surface area contributed by atoms with E-state index >= 15 is 0 Å². The molecule has 0 saturated carbocycles. The summed E-state index contributed by atoms with van der Waals surface area (Å²) in [6.45, 7) is 5.73.